The Balaban J connectivity index is 1.83. The number of aromatic nitrogens is 3. The van der Waals surface area contributed by atoms with Crippen LogP contribution in [0.4, 0.5) is 23.1 Å². The van der Waals surface area contributed by atoms with E-state index in [1.165, 1.54) is 6.20 Å². The monoisotopic (exact) mass is 345 g/mol. The lowest BCUT2D eigenvalue weighted by Gasteiger charge is -2.10. The van der Waals surface area contributed by atoms with Gasteiger partial charge in [-0.1, -0.05) is 41.4 Å². The van der Waals surface area contributed by atoms with E-state index in [1.807, 2.05) is 43.3 Å². The summed E-state index contributed by atoms with van der Waals surface area (Å²) in [7, 11) is 0. The van der Waals surface area contributed by atoms with E-state index in [9.17, 15) is 0 Å². The first-order valence-electron chi connectivity index (χ1n) is 6.87. The highest BCUT2D eigenvalue weighted by molar-refractivity contribution is 6.33. The molecule has 0 radical (unpaired) electrons. The van der Waals surface area contributed by atoms with E-state index in [1.54, 1.807) is 6.07 Å². The lowest BCUT2D eigenvalue weighted by atomic mass is 10.2. The molecule has 1 heterocycles. The second-order valence-corrected chi connectivity index (χ2v) is 5.62. The van der Waals surface area contributed by atoms with Crippen molar-refractivity contribution >= 4 is 46.3 Å². The van der Waals surface area contributed by atoms with Gasteiger partial charge in [0.15, 0.2) is 5.82 Å². The van der Waals surface area contributed by atoms with Crippen LogP contribution in [-0.2, 0) is 0 Å². The number of hydrogen-bond acceptors (Lipinski definition) is 5. The van der Waals surface area contributed by atoms with E-state index in [-0.39, 0.29) is 0 Å². The molecule has 0 aliphatic heterocycles. The Bertz CT molecular complexity index is 838. The standard InChI is InChI=1S/C16H13Cl2N5/c1-10-11(17)6-4-8-13(10)21-16-22-15(9-19-23-16)20-14-7-3-2-5-12(14)18/h2-9H,1H3,(H2,20,21,22,23). The minimum absolute atomic E-state index is 0.368. The van der Waals surface area contributed by atoms with Crippen molar-refractivity contribution in [3.05, 3.63) is 64.3 Å². The lowest BCUT2D eigenvalue weighted by molar-refractivity contribution is 0.982. The fraction of sp³-hybridized carbons (Fsp3) is 0.0625. The number of hydrogen-bond donors (Lipinski definition) is 2. The maximum absolute atomic E-state index is 6.13. The molecule has 23 heavy (non-hydrogen) atoms. The summed E-state index contributed by atoms with van der Waals surface area (Å²) in [5.41, 5.74) is 2.50. The molecule has 116 valence electrons. The first-order chi connectivity index (χ1) is 11.1. The molecule has 2 N–H and O–H groups in total. The summed E-state index contributed by atoms with van der Waals surface area (Å²) in [6.07, 6.45) is 1.53. The first-order valence-corrected chi connectivity index (χ1v) is 7.62. The number of halogens is 2. The Morgan fingerprint density at radius 2 is 1.61 bits per heavy atom. The van der Waals surface area contributed by atoms with Crippen molar-refractivity contribution < 1.29 is 0 Å². The highest BCUT2D eigenvalue weighted by atomic mass is 35.5. The summed E-state index contributed by atoms with van der Waals surface area (Å²) in [5.74, 6) is 0.905. The van der Waals surface area contributed by atoms with E-state index in [0.717, 1.165) is 16.9 Å². The van der Waals surface area contributed by atoms with Crippen molar-refractivity contribution in [2.45, 2.75) is 6.92 Å². The van der Waals surface area contributed by atoms with Gasteiger partial charge in [0.25, 0.3) is 0 Å². The van der Waals surface area contributed by atoms with Crippen LogP contribution >= 0.6 is 23.2 Å². The third kappa shape index (κ3) is 3.70. The second kappa shape index (κ2) is 6.81. The van der Waals surface area contributed by atoms with Gasteiger partial charge < -0.3 is 10.6 Å². The van der Waals surface area contributed by atoms with Crippen molar-refractivity contribution in [3.8, 4) is 0 Å². The molecule has 0 unspecified atom stereocenters. The number of benzene rings is 2. The molecule has 3 aromatic rings. The van der Waals surface area contributed by atoms with Crippen LogP contribution < -0.4 is 10.6 Å². The normalized spacial score (nSPS) is 10.4. The molecule has 0 saturated carbocycles. The van der Waals surface area contributed by atoms with Crippen molar-refractivity contribution in [2.75, 3.05) is 10.6 Å². The molecule has 5 nitrogen and oxygen atoms in total. The molecule has 0 aliphatic carbocycles. The van der Waals surface area contributed by atoms with Gasteiger partial charge in [-0.2, -0.15) is 10.1 Å². The van der Waals surface area contributed by atoms with Gasteiger partial charge >= 0.3 is 0 Å². The highest BCUT2D eigenvalue weighted by Crippen LogP contribution is 2.26. The molecule has 1 aromatic heterocycles. The zero-order valence-electron chi connectivity index (χ0n) is 12.2. The van der Waals surface area contributed by atoms with Crippen LogP contribution in [0.3, 0.4) is 0 Å². The zero-order chi connectivity index (χ0) is 16.2. The maximum atomic E-state index is 6.13. The largest absolute Gasteiger partial charge is 0.338 e. The van der Waals surface area contributed by atoms with Gasteiger partial charge in [0.05, 0.1) is 16.9 Å². The van der Waals surface area contributed by atoms with Gasteiger partial charge in [-0.15, -0.1) is 5.10 Å². The average Bonchev–Trinajstić information content (AvgIpc) is 2.55. The van der Waals surface area contributed by atoms with Crippen molar-refractivity contribution in [2.24, 2.45) is 0 Å². The van der Waals surface area contributed by atoms with Crippen LogP contribution in [0.15, 0.2) is 48.7 Å². The SMILES string of the molecule is Cc1c(Cl)cccc1Nc1nncc(Nc2ccccc2Cl)n1. The molecule has 0 amide bonds. The van der Waals surface area contributed by atoms with Gasteiger partial charge in [0, 0.05) is 10.7 Å². The maximum Gasteiger partial charge on any atom is 0.249 e. The van der Waals surface area contributed by atoms with E-state index >= 15 is 0 Å². The Morgan fingerprint density at radius 3 is 2.43 bits per heavy atom. The van der Waals surface area contributed by atoms with Crippen LogP contribution in [0, 0.1) is 6.92 Å². The first kappa shape index (κ1) is 15.5. The van der Waals surface area contributed by atoms with Gasteiger partial charge in [0.2, 0.25) is 5.95 Å². The molecule has 0 aliphatic rings. The third-order valence-corrected chi connectivity index (χ3v) is 3.95. The zero-order valence-corrected chi connectivity index (χ0v) is 13.7. The van der Waals surface area contributed by atoms with Crippen molar-refractivity contribution in [1.29, 1.82) is 0 Å². The molecule has 0 atom stereocenters. The fourth-order valence-electron chi connectivity index (χ4n) is 1.98. The number of nitrogens with zero attached hydrogens (tertiary/aromatic N) is 3. The van der Waals surface area contributed by atoms with E-state index in [2.05, 4.69) is 25.8 Å². The Kier molecular flexibility index (Phi) is 4.60. The summed E-state index contributed by atoms with van der Waals surface area (Å²) in [5, 5.41) is 15.4. The number of rotatable bonds is 4. The predicted octanol–water partition coefficient (Wildman–Crippen LogP) is 4.97. The van der Waals surface area contributed by atoms with Crippen LogP contribution in [0.1, 0.15) is 5.56 Å². The molecule has 0 bridgehead atoms. The summed E-state index contributed by atoms with van der Waals surface area (Å²) in [6, 6.07) is 13.0. The Labute approximate surface area is 143 Å². The smallest absolute Gasteiger partial charge is 0.249 e. The average molecular weight is 346 g/mol. The van der Waals surface area contributed by atoms with Gasteiger partial charge in [-0.25, -0.2) is 0 Å². The summed E-state index contributed by atoms with van der Waals surface area (Å²) in [6.45, 7) is 1.92. The Hall–Kier alpha value is -2.37. The quantitative estimate of drug-likeness (QED) is 0.698. The number of para-hydroxylation sites is 1. The summed E-state index contributed by atoms with van der Waals surface area (Å²) in [4.78, 5) is 4.38. The summed E-state index contributed by atoms with van der Waals surface area (Å²) < 4.78 is 0. The number of anilines is 4. The molecule has 7 heteroatoms. The second-order valence-electron chi connectivity index (χ2n) is 4.81. The highest BCUT2D eigenvalue weighted by Gasteiger charge is 2.07. The van der Waals surface area contributed by atoms with Crippen LogP contribution in [0.2, 0.25) is 10.0 Å². The van der Waals surface area contributed by atoms with Crippen molar-refractivity contribution in [3.63, 3.8) is 0 Å². The third-order valence-electron chi connectivity index (χ3n) is 3.21. The van der Waals surface area contributed by atoms with Gasteiger partial charge in [-0.3, -0.25) is 0 Å². The van der Waals surface area contributed by atoms with Gasteiger partial charge in [-0.05, 0) is 36.8 Å². The fourth-order valence-corrected chi connectivity index (χ4v) is 2.34. The van der Waals surface area contributed by atoms with E-state index < -0.39 is 0 Å². The molecular formula is C16H13Cl2N5. The molecule has 0 spiro atoms. The van der Waals surface area contributed by atoms with E-state index in [0.29, 0.717) is 21.8 Å². The minimum Gasteiger partial charge on any atom is -0.338 e. The van der Waals surface area contributed by atoms with Crippen LogP contribution in [-0.4, -0.2) is 15.2 Å². The Morgan fingerprint density at radius 1 is 0.870 bits per heavy atom. The molecule has 0 saturated heterocycles. The van der Waals surface area contributed by atoms with E-state index in [4.69, 9.17) is 23.2 Å². The minimum atomic E-state index is 0.368. The van der Waals surface area contributed by atoms with Crippen molar-refractivity contribution in [1.82, 2.24) is 15.2 Å². The predicted molar refractivity (Wildman–Crippen MR) is 94.0 cm³/mol. The number of nitrogens with one attached hydrogen (secondary N) is 2. The lowest BCUT2D eigenvalue weighted by Crippen LogP contribution is -2.03. The molecular weight excluding hydrogens is 333 g/mol. The molecule has 2 aromatic carbocycles. The summed E-state index contributed by atoms with van der Waals surface area (Å²) >= 11 is 12.2. The molecule has 3 rings (SSSR count). The van der Waals surface area contributed by atoms with Crippen LogP contribution in [0.5, 0.6) is 0 Å². The molecule has 0 fully saturated rings. The topological polar surface area (TPSA) is 62.7 Å². The van der Waals surface area contributed by atoms with Crippen LogP contribution in [0.25, 0.3) is 0 Å². The van der Waals surface area contributed by atoms with Gasteiger partial charge in [0.1, 0.15) is 0 Å².